The van der Waals surface area contributed by atoms with Crippen LogP contribution in [-0.4, -0.2) is 35.9 Å². The predicted octanol–water partition coefficient (Wildman–Crippen LogP) is 2.89. The molecule has 1 unspecified atom stereocenters. The first kappa shape index (κ1) is 14.5. The molecule has 0 aromatic carbocycles. The van der Waals surface area contributed by atoms with Crippen molar-refractivity contribution in [2.75, 3.05) is 19.4 Å². The Morgan fingerprint density at radius 2 is 2.25 bits per heavy atom. The Morgan fingerprint density at radius 1 is 1.45 bits per heavy atom. The summed E-state index contributed by atoms with van der Waals surface area (Å²) in [7, 11) is 3.65. The van der Waals surface area contributed by atoms with E-state index in [1.165, 1.54) is 4.88 Å². The zero-order chi connectivity index (χ0) is 14.5. The zero-order valence-electron chi connectivity index (χ0n) is 12.0. The second-order valence-electron chi connectivity index (χ2n) is 4.73. The molecule has 2 rings (SSSR count). The summed E-state index contributed by atoms with van der Waals surface area (Å²) in [4.78, 5) is 19.6. The summed E-state index contributed by atoms with van der Waals surface area (Å²) in [5.41, 5.74) is 1.38. The summed E-state index contributed by atoms with van der Waals surface area (Å²) in [5, 5.41) is 5.05. The van der Waals surface area contributed by atoms with Gasteiger partial charge >= 0.3 is 0 Å². The van der Waals surface area contributed by atoms with Crippen LogP contribution in [0.1, 0.15) is 22.3 Å². The number of likely N-dealkylation sites (N-methyl/N-ethyl adjacent to an activating group) is 1. The van der Waals surface area contributed by atoms with Crippen LogP contribution in [0.4, 0.5) is 5.69 Å². The van der Waals surface area contributed by atoms with Crippen molar-refractivity contribution in [1.82, 2.24) is 9.88 Å². The van der Waals surface area contributed by atoms with Crippen molar-refractivity contribution in [3.05, 3.63) is 46.4 Å². The van der Waals surface area contributed by atoms with E-state index in [4.69, 9.17) is 0 Å². The number of thiophene rings is 1. The minimum atomic E-state index is -0.0447. The van der Waals surface area contributed by atoms with E-state index < -0.39 is 0 Å². The van der Waals surface area contributed by atoms with Crippen LogP contribution in [0.25, 0.3) is 0 Å². The van der Waals surface area contributed by atoms with Gasteiger partial charge in [-0.05, 0) is 30.5 Å². The molecule has 0 aliphatic carbocycles. The van der Waals surface area contributed by atoms with Crippen molar-refractivity contribution in [2.45, 2.75) is 19.4 Å². The first-order chi connectivity index (χ1) is 9.61. The molecule has 2 aromatic heterocycles. The monoisotopic (exact) mass is 289 g/mol. The van der Waals surface area contributed by atoms with Crippen LogP contribution in [-0.2, 0) is 6.42 Å². The fourth-order valence-corrected chi connectivity index (χ4v) is 2.73. The Kier molecular flexibility index (Phi) is 4.74. The van der Waals surface area contributed by atoms with Crippen LogP contribution in [0.15, 0.2) is 35.8 Å². The number of nitrogens with one attached hydrogen (secondary N) is 1. The molecule has 2 aromatic rings. The summed E-state index contributed by atoms with van der Waals surface area (Å²) in [6.45, 7) is 2.06. The molecule has 106 valence electrons. The lowest BCUT2D eigenvalue weighted by molar-refractivity contribution is 0.0738. The second-order valence-corrected chi connectivity index (χ2v) is 5.76. The maximum atomic E-state index is 12.4. The highest BCUT2D eigenvalue weighted by Crippen LogP contribution is 2.15. The van der Waals surface area contributed by atoms with Gasteiger partial charge in [0.2, 0.25) is 0 Å². The Balaban J connectivity index is 2.03. The van der Waals surface area contributed by atoms with E-state index in [-0.39, 0.29) is 11.9 Å². The Labute approximate surface area is 123 Å². The van der Waals surface area contributed by atoms with Crippen LogP contribution in [0.3, 0.4) is 0 Å². The van der Waals surface area contributed by atoms with Gasteiger partial charge in [0.1, 0.15) is 5.69 Å². The number of hydrogen-bond donors (Lipinski definition) is 1. The van der Waals surface area contributed by atoms with Gasteiger partial charge in [-0.3, -0.25) is 4.79 Å². The maximum absolute atomic E-state index is 12.4. The molecule has 0 bridgehead atoms. The third kappa shape index (κ3) is 3.36. The van der Waals surface area contributed by atoms with E-state index in [1.807, 2.05) is 26.2 Å². The summed E-state index contributed by atoms with van der Waals surface area (Å²) in [5.74, 6) is -0.0447. The van der Waals surface area contributed by atoms with Gasteiger partial charge in [0.25, 0.3) is 5.91 Å². The van der Waals surface area contributed by atoms with Gasteiger partial charge in [-0.1, -0.05) is 6.07 Å². The molecule has 1 amide bonds. The highest BCUT2D eigenvalue weighted by molar-refractivity contribution is 7.09. The molecule has 0 saturated carbocycles. The van der Waals surface area contributed by atoms with E-state index in [2.05, 4.69) is 28.7 Å². The number of rotatable bonds is 5. The average Bonchev–Trinajstić information content (AvgIpc) is 2.98. The molecular weight excluding hydrogens is 270 g/mol. The number of amides is 1. The van der Waals surface area contributed by atoms with Gasteiger partial charge in [-0.2, -0.15) is 0 Å². The van der Waals surface area contributed by atoms with Gasteiger partial charge in [0.15, 0.2) is 0 Å². The van der Waals surface area contributed by atoms with Gasteiger partial charge < -0.3 is 10.2 Å². The molecule has 0 saturated heterocycles. The minimum absolute atomic E-state index is 0.0447. The van der Waals surface area contributed by atoms with E-state index in [1.54, 1.807) is 28.5 Å². The Morgan fingerprint density at radius 3 is 2.80 bits per heavy atom. The normalized spacial score (nSPS) is 11.9. The molecule has 1 N–H and O–H groups in total. The molecular formula is C15H19N3OS. The lowest BCUT2D eigenvalue weighted by Crippen LogP contribution is -2.36. The van der Waals surface area contributed by atoms with Crippen LogP contribution in [0.2, 0.25) is 0 Å². The van der Waals surface area contributed by atoms with Crippen LogP contribution in [0.5, 0.6) is 0 Å². The third-order valence-electron chi connectivity index (χ3n) is 3.33. The van der Waals surface area contributed by atoms with Crippen molar-refractivity contribution in [1.29, 1.82) is 0 Å². The summed E-state index contributed by atoms with van der Waals surface area (Å²) in [6.07, 6.45) is 2.54. The highest BCUT2D eigenvalue weighted by atomic mass is 32.1. The molecule has 0 fully saturated rings. The smallest absolute Gasteiger partial charge is 0.272 e. The number of carbonyl (C=O) groups is 1. The standard InChI is InChI=1S/C15H19N3OS/c1-11(9-13-5-4-8-20-13)18(3)15(19)14-7-6-12(16-2)10-17-14/h4-8,10-11,16H,9H2,1-3H3. The number of aromatic nitrogens is 1. The quantitative estimate of drug-likeness (QED) is 0.920. The summed E-state index contributed by atoms with van der Waals surface area (Å²) in [6, 6.07) is 7.89. The van der Waals surface area contributed by atoms with E-state index in [0.717, 1.165) is 12.1 Å². The van der Waals surface area contributed by atoms with Gasteiger partial charge in [0.05, 0.1) is 11.9 Å². The van der Waals surface area contributed by atoms with E-state index in [9.17, 15) is 4.79 Å². The molecule has 2 heterocycles. The maximum Gasteiger partial charge on any atom is 0.272 e. The number of hydrogen-bond acceptors (Lipinski definition) is 4. The third-order valence-corrected chi connectivity index (χ3v) is 4.23. The molecule has 20 heavy (non-hydrogen) atoms. The first-order valence-electron chi connectivity index (χ1n) is 6.55. The van der Waals surface area contributed by atoms with Crippen LogP contribution >= 0.6 is 11.3 Å². The number of nitrogens with zero attached hydrogens (tertiary/aromatic N) is 2. The number of pyridine rings is 1. The van der Waals surface area contributed by atoms with Crippen LogP contribution in [0, 0.1) is 0 Å². The summed E-state index contributed by atoms with van der Waals surface area (Å²) < 4.78 is 0. The fraction of sp³-hybridized carbons (Fsp3) is 0.333. The topological polar surface area (TPSA) is 45.2 Å². The molecule has 0 spiro atoms. The fourth-order valence-electron chi connectivity index (χ4n) is 1.91. The zero-order valence-corrected chi connectivity index (χ0v) is 12.8. The van der Waals surface area contributed by atoms with E-state index in [0.29, 0.717) is 5.69 Å². The predicted molar refractivity (Wildman–Crippen MR) is 83.4 cm³/mol. The summed E-state index contributed by atoms with van der Waals surface area (Å²) >= 11 is 1.72. The highest BCUT2D eigenvalue weighted by Gasteiger charge is 2.19. The Bertz CT molecular complexity index is 551. The van der Waals surface area contributed by atoms with Crippen molar-refractivity contribution >= 4 is 22.9 Å². The molecule has 4 nitrogen and oxygen atoms in total. The van der Waals surface area contributed by atoms with E-state index >= 15 is 0 Å². The number of anilines is 1. The SMILES string of the molecule is CNc1ccc(C(=O)N(C)C(C)Cc2cccs2)nc1. The lowest BCUT2D eigenvalue weighted by atomic mass is 10.1. The first-order valence-corrected chi connectivity index (χ1v) is 7.43. The molecule has 5 heteroatoms. The van der Waals surface area contributed by atoms with Gasteiger partial charge in [-0.15, -0.1) is 11.3 Å². The van der Waals surface area contributed by atoms with Gasteiger partial charge in [0, 0.05) is 31.4 Å². The number of carbonyl (C=O) groups excluding carboxylic acids is 1. The van der Waals surface area contributed by atoms with Crippen molar-refractivity contribution in [3.8, 4) is 0 Å². The average molecular weight is 289 g/mol. The van der Waals surface area contributed by atoms with Crippen molar-refractivity contribution < 1.29 is 4.79 Å². The van der Waals surface area contributed by atoms with Crippen molar-refractivity contribution in [3.63, 3.8) is 0 Å². The Hall–Kier alpha value is -1.88. The largest absolute Gasteiger partial charge is 0.387 e. The van der Waals surface area contributed by atoms with Crippen molar-refractivity contribution in [2.24, 2.45) is 0 Å². The molecule has 0 aliphatic heterocycles. The second kappa shape index (κ2) is 6.52. The minimum Gasteiger partial charge on any atom is -0.387 e. The molecule has 0 radical (unpaired) electrons. The van der Waals surface area contributed by atoms with Crippen LogP contribution < -0.4 is 5.32 Å². The molecule has 1 atom stereocenters. The lowest BCUT2D eigenvalue weighted by Gasteiger charge is -2.24. The van der Waals surface area contributed by atoms with Gasteiger partial charge in [-0.25, -0.2) is 4.98 Å². The molecule has 0 aliphatic rings.